The van der Waals surface area contributed by atoms with Gasteiger partial charge in [0.1, 0.15) is 5.69 Å². The first-order valence-electron chi connectivity index (χ1n) is 7.21. The van der Waals surface area contributed by atoms with Crippen LogP contribution in [0.25, 0.3) is 0 Å². The molecule has 6 heteroatoms. The molecule has 4 nitrogen and oxygen atoms in total. The highest BCUT2D eigenvalue weighted by atomic mass is 19.3. The van der Waals surface area contributed by atoms with Gasteiger partial charge in [-0.15, -0.1) is 0 Å². The van der Waals surface area contributed by atoms with Crippen molar-refractivity contribution in [1.29, 1.82) is 0 Å². The van der Waals surface area contributed by atoms with E-state index in [4.69, 9.17) is 0 Å². The molecule has 1 aliphatic rings. The number of nitrogens with zero attached hydrogens (tertiary/aromatic N) is 3. The summed E-state index contributed by atoms with van der Waals surface area (Å²) in [5.41, 5.74) is 0.778. The Labute approximate surface area is 127 Å². The van der Waals surface area contributed by atoms with Crippen molar-refractivity contribution in [3.05, 3.63) is 47.3 Å². The third-order valence-corrected chi connectivity index (χ3v) is 3.95. The molecule has 1 aliphatic carbocycles. The number of carbonyl (C=O) groups is 1. The fraction of sp³-hybridized carbons (Fsp3) is 0.375. The van der Waals surface area contributed by atoms with E-state index in [1.54, 1.807) is 18.9 Å². The molecule has 0 spiro atoms. The quantitative estimate of drug-likeness (QED) is 0.867. The summed E-state index contributed by atoms with van der Waals surface area (Å²) in [6.07, 6.45) is -0.982. The molecule has 0 unspecified atom stereocenters. The van der Waals surface area contributed by atoms with Crippen molar-refractivity contribution < 1.29 is 13.6 Å². The van der Waals surface area contributed by atoms with E-state index in [9.17, 15) is 13.6 Å². The first-order valence-corrected chi connectivity index (χ1v) is 7.21. The Bertz CT molecular complexity index is 693. The molecule has 1 aromatic heterocycles. The molecule has 0 atom stereocenters. The molecule has 1 aromatic carbocycles. The summed E-state index contributed by atoms with van der Waals surface area (Å²) in [4.78, 5) is 14.5. The minimum Gasteiger partial charge on any atom is -0.305 e. The van der Waals surface area contributed by atoms with E-state index in [2.05, 4.69) is 5.10 Å². The zero-order chi connectivity index (χ0) is 15.9. The molecular weight excluding hydrogens is 288 g/mol. The molecule has 1 heterocycles. The summed E-state index contributed by atoms with van der Waals surface area (Å²) >= 11 is 0. The lowest BCUT2D eigenvalue weighted by molar-refractivity contribution is 0.0969. The first kappa shape index (κ1) is 14.7. The van der Waals surface area contributed by atoms with Crippen molar-refractivity contribution in [1.82, 2.24) is 9.78 Å². The number of carbonyl (C=O) groups excluding carboxylic acids is 1. The van der Waals surface area contributed by atoms with Gasteiger partial charge in [0.15, 0.2) is 0 Å². The third-order valence-electron chi connectivity index (χ3n) is 3.95. The Hall–Kier alpha value is -2.24. The maximum Gasteiger partial charge on any atom is 0.282 e. The SMILES string of the molecule is Cc1c(C(=O)N(c2ccccc2)C2CC2)c(C(F)F)nn1C. The van der Waals surface area contributed by atoms with Gasteiger partial charge in [-0.25, -0.2) is 8.78 Å². The minimum atomic E-state index is -2.77. The van der Waals surface area contributed by atoms with Crippen LogP contribution in [0.5, 0.6) is 0 Å². The van der Waals surface area contributed by atoms with Crippen LogP contribution in [-0.2, 0) is 7.05 Å². The Morgan fingerprint density at radius 2 is 1.95 bits per heavy atom. The second-order valence-electron chi connectivity index (χ2n) is 5.51. The Morgan fingerprint density at radius 3 is 2.50 bits per heavy atom. The Morgan fingerprint density at radius 1 is 1.32 bits per heavy atom. The molecule has 1 fully saturated rings. The predicted molar refractivity (Wildman–Crippen MR) is 79.2 cm³/mol. The van der Waals surface area contributed by atoms with E-state index in [-0.39, 0.29) is 11.6 Å². The van der Waals surface area contributed by atoms with E-state index >= 15 is 0 Å². The number of hydrogen-bond acceptors (Lipinski definition) is 2. The molecule has 0 radical (unpaired) electrons. The second-order valence-corrected chi connectivity index (χ2v) is 5.51. The standard InChI is InChI=1S/C16H17F2N3O/c1-10-13(14(15(17)18)19-20(10)2)16(22)21(12-8-9-12)11-6-4-3-5-7-11/h3-7,12,15H,8-9H2,1-2H3. The lowest BCUT2D eigenvalue weighted by Crippen LogP contribution is -2.34. The molecule has 0 bridgehead atoms. The molecular formula is C16H17F2N3O. The molecule has 0 N–H and O–H groups in total. The van der Waals surface area contributed by atoms with Crippen molar-refractivity contribution in [3.63, 3.8) is 0 Å². The number of amides is 1. The number of aryl methyl sites for hydroxylation is 1. The van der Waals surface area contributed by atoms with Crippen molar-refractivity contribution in [2.75, 3.05) is 4.90 Å². The summed E-state index contributed by atoms with van der Waals surface area (Å²) in [5.74, 6) is -0.394. The second kappa shape index (κ2) is 5.51. The van der Waals surface area contributed by atoms with Gasteiger partial charge in [-0.3, -0.25) is 9.48 Å². The van der Waals surface area contributed by atoms with Gasteiger partial charge in [-0.2, -0.15) is 5.10 Å². The van der Waals surface area contributed by atoms with Crippen molar-refractivity contribution in [2.24, 2.45) is 7.05 Å². The molecule has 2 aromatic rings. The van der Waals surface area contributed by atoms with Crippen LogP contribution >= 0.6 is 0 Å². The third kappa shape index (κ3) is 2.49. The largest absolute Gasteiger partial charge is 0.305 e. The highest BCUT2D eigenvalue weighted by Gasteiger charge is 2.37. The molecule has 22 heavy (non-hydrogen) atoms. The van der Waals surface area contributed by atoms with E-state index in [1.165, 1.54) is 4.68 Å². The monoisotopic (exact) mass is 305 g/mol. The van der Waals surface area contributed by atoms with E-state index in [1.807, 2.05) is 30.3 Å². The highest BCUT2D eigenvalue weighted by molar-refractivity contribution is 6.08. The van der Waals surface area contributed by atoms with Crippen LogP contribution in [0.4, 0.5) is 14.5 Å². The van der Waals surface area contributed by atoms with Crippen molar-refractivity contribution in [3.8, 4) is 0 Å². The molecule has 0 aliphatic heterocycles. The average molecular weight is 305 g/mol. The van der Waals surface area contributed by atoms with E-state index in [0.717, 1.165) is 18.5 Å². The topological polar surface area (TPSA) is 38.1 Å². The average Bonchev–Trinajstić information content (AvgIpc) is 3.27. The van der Waals surface area contributed by atoms with Crippen LogP contribution in [0.15, 0.2) is 30.3 Å². The van der Waals surface area contributed by atoms with E-state index in [0.29, 0.717) is 5.69 Å². The zero-order valence-corrected chi connectivity index (χ0v) is 12.5. The zero-order valence-electron chi connectivity index (χ0n) is 12.5. The Kier molecular flexibility index (Phi) is 3.68. The number of hydrogen-bond donors (Lipinski definition) is 0. The van der Waals surface area contributed by atoms with Crippen molar-refractivity contribution >= 4 is 11.6 Å². The summed E-state index contributed by atoms with van der Waals surface area (Å²) in [6.45, 7) is 1.64. The number of para-hydroxylation sites is 1. The number of halogens is 2. The fourth-order valence-corrected chi connectivity index (χ4v) is 2.59. The van der Waals surface area contributed by atoms with Gasteiger partial charge in [0.05, 0.1) is 5.56 Å². The van der Waals surface area contributed by atoms with Gasteiger partial charge in [0.2, 0.25) is 0 Å². The van der Waals surface area contributed by atoms with Crippen LogP contribution in [0.3, 0.4) is 0 Å². The van der Waals surface area contributed by atoms with Gasteiger partial charge in [-0.05, 0) is 31.9 Å². The molecule has 116 valence electrons. The van der Waals surface area contributed by atoms with Gasteiger partial charge < -0.3 is 4.90 Å². The molecule has 0 saturated heterocycles. The first-order chi connectivity index (χ1) is 10.5. The Balaban J connectivity index is 2.05. The van der Waals surface area contributed by atoms with E-state index < -0.39 is 18.0 Å². The van der Waals surface area contributed by atoms with Crippen LogP contribution in [0.2, 0.25) is 0 Å². The number of alkyl halides is 2. The fourth-order valence-electron chi connectivity index (χ4n) is 2.59. The lowest BCUT2D eigenvalue weighted by Gasteiger charge is -2.23. The maximum absolute atomic E-state index is 13.2. The highest BCUT2D eigenvalue weighted by Crippen LogP contribution is 2.35. The summed E-state index contributed by atoms with van der Waals surface area (Å²) in [7, 11) is 1.57. The summed E-state index contributed by atoms with van der Waals surface area (Å²) in [6, 6.07) is 9.26. The van der Waals surface area contributed by atoms with Crippen LogP contribution in [0.1, 0.15) is 41.0 Å². The molecule has 1 amide bonds. The van der Waals surface area contributed by atoms with Gasteiger partial charge in [-0.1, -0.05) is 18.2 Å². The summed E-state index contributed by atoms with van der Waals surface area (Å²) in [5, 5.41) is 3.81. The molecule has 1 saturated carbocycles. The lowest BCUT2D eigenvalue weighted by atomic mass is 10.1. The van der Waals surface area contributed by atoms with Gasteiger partial charge >= 0.3 is 0 Å². The smallest absolute Gasteiger partial charge is 0.282 e. The molecule has 3 rings (SSSR count). The number of benzene rings is 1. The van der Waals surface area contributed by atoms with Gasteiger partial charge in [0, 0.05) is 24.5 Å². The minimum absolute atomic E-state index is 0.0215. The van der Waals surface area contributed by atoms with Gasteiger partial charge in [0.25, 0.3) is 12.3 Å². The maximum atomic E-state index is 13.2. The number of anilines is 1. The normalized spacial score (nSPS) is 14.4. The summed E-state index contributed by atoms with van der Waals surface area (Å²) < 4.78 is 27.8. The predicted octanol–water partition coefficient (Wildman–Crippen LogP) is 3.48. The van der Waals surface area contributed by atoms with Crippen LogP contribution in [-0.4, -0.2) is 21.7 Å². The van der Waals surface area contributed by atoms with Crippen molar-refractivity contribution in [2.45, 2.75) is 32.2 Å². The number of rotatable bonds is 4. The number of aromatic nitrogens is 2. The van der Waals surface area contributed by atoms with Crippen LogP contribution < -0.4 is 4.90 Å². The van der Waals surface area contributed by atoms with Crippen LogP contribution in [0, 0.1) is 6.92 Å².